The number of nitrogens with zero attached hydrogens (tertiary/aromatic N) is 1. The van der Waals surface area contributed by atoms with Crippen molar-refractivity contribution in [1.82, 2.24) is 5.09 Å². The van der Waals surface area contributed by atoms with Crippen LogP contribution in [0.25, 0.3) is 0 Å². The van der Waals surface area contributed by atoms with Gasteiger partial charge in [0.25, 0.3) is 5.69 Å². The van der Waals surface area contributed by atoms with Gasteiger partial charge < -0.3 is 9.42 Å². The normalized spacial score (nSPS) is 14.3. The third-order valence-corrected chi connectivity index (χ3v) is 3.86. The van der Waals surface area contributed by atoms with Gasteiger partial charge >= 0.3 is 6.64 Å². The molecule has 0 aromatic heterocycles. The molecule has 18 heavy (non-hydrogen) atoms. The molecular formula is C10H15N2O4PS. The Hall–Kier alpha value is -1.01. The lowest BCUT2D eigenvalue weighted by atomic mass is 10.2. The van der Waals surface area contributed by atoms with Gasteiger partial charge in [-0.2, -0.15) is 0 Å². The van der Waals surface area contributed by atoms with Crippen molar-refractivity contribution < 1.29 is 14.3 Å². The molecule has 1 unspecified atom stereocenters. The minimum absolute atomic E-state index is 0.00501. The predicted octanol–water partition coefficient (Wildman–Crippen LogP) is 2.50. The lowest BCUT2D eigenvalue weighted by Gasteiger charge is -2.20. The molecule has 100 valence electrons. The van der Waals surface area contributed by atoms with E-state index in [9.17, 15) is 15.0 Å². The maximum Gasteiger partial charge on any atom is 0.310 e. The smallest absolute Gasteiger partial charge is 0.310 e. The second-order valence-corrected chi connectivity index (χ2v) is 7.07. The van der Waals surface area contributed by atoms with Gasteiger partial charge in [0.15, 0.2) is 0 Å². The van der Waals surface area contributed by atoms with Crippen LogP contribution in [0.4, 0.5) is 5.69 Å². The number of benzene rings is 1. The Balaban J connectivity index is 2.90. The Kier molecular flexibility index (Phi) is 4.81. The van der Waals surface area contributed by atoms with Crippen molar-refractivity contribution in [3.8, 4) is 5.75 Å². The van der Waals surface area contributed by atoms with Crippen LogP contribution in [0.15, 0.2) is 18.2 Å². The molecule has 1 aromatic rings. The van der Waals surface area contributed by atoms with E-state index in [0.29, 0.717) is 11.3 Å². The van der Waals surface area contributed by atoms with E-state index < -0.39 is 11.6 Å². The maximum atomic E-state index is 10.7. The molecule has 1 aromatic carbocycles. The molecule has 6 nitrogen and oxygen atoms in total. The molecule has 0 fully saturated rings. The van der Waals surface area contributed by atoms with Gasteiger partial charge in [-0.1, -0.05) is 0 Å². The zero-order valence-corrected chi connectivity index (χ0v) is 12.0. The van der Waals surface area contributed by atoms with Crippen molar-refractivity contribution in [2.75, 3.05) is 0 Å². The highest BCUT2D eigenvalue weighted by atomic mass is 32.5. The van der Waals surface area contributed by atoms with Crippen molar-refractivity contribution in [2.45, 2.75) is 26.8 Å². The molecule has 0 bridgehead atoms. The van der Waals surface area contributed by atoms with E-state index in [1.165, 1.54) is 18.2 Å². The number of hydrogen-bond donors (Lipinski definition) is 2. The fraction of sp³-hybridized carbons (Fsp3) is 0.400. The van der Waals surface area contributed by atoms with Gasteiger partial charge in [0, 0.05) is 17.7 Å². The highest BCUT2D eigenvalue weighted by molar-refractivity contribution is 8.08. The molecule has 0 radical (unpaired) electrons. The Morgan fingerprint density at radius 2 is 2.17 bits per heavy atom. The van der Waals surface area contributed by atoms with Gasteiger partial charge in [-0.15, -0.1) is 0 Å². The third-order valence-electron chi connectivity index (χ3n) is 2.02. The summed E-state index contributed by atoms with van der Waals surface area (Å²) in [5.74, 6) is 0.317. The van der Waals surface area contributed by atoms with Crippen LogP contribution in [0.2, 0.25) is 0 Å². The molecule has 0 aliphatic rings. The topological polar surface area (TPSA) is 84.6 Å². The quantitative estimate of drug-likeness (QED) is 0.492. The first-order chi connectivity index (χ1) is 8.21. The second-order valence-electron chi connectivity index (χ2n) is 4.10. The lowest BCUT2D eigenvalue weighted by molar-refractivity contribution is -0.385. The number of aryl methyl sites for hydroxylation is 1. The zero-order valence-electron chi connectivity index (χ0n) is 10.3. The van der Waals surface area contributed by atoms with Crippen LogP contribution in [0.5, 0.6) is 5.75 Å². The van der Waals surface area contributed by atoms with E-state index in [-0.39, 0.29) is 11.7 Å². The SMILES string of the molecule is Cc1cc(OP(O)(=S)NC(C)C)ccc1[N+](=O)[O-]. The molecule has 0 aliphatic heterocycles. The van der Waals surface area contributed by atoms with Crippen molar-refractivity contribution >= 4 is 24.1 Å². The van der Waals surface area contributed by atoms with Gasteiger partial charge in [-0.05, 0) is 44.7 Å². The Labute approximate surface area is 110 Å². The highest BCUT2D eigenvalue weighted by Crippen LogP contribution is 2.40. The summed E-state index contributed by atoms with van der Waals surface area (Å²) >= 11 is 4.93. The molecule has 0 heterocycles. The van der Waals surface area contributed by atoms with E-state index >= 15 is 0 Å². The lowest BCUT2D eigenvalue weighted by Crippen LogP contribution is -2.21. The molecule has 8 heteroatoms. The summed E-state index contributed by atoms with van der Waals surface area (Å²) in [4.78, 5) is 20.0. The number of nitro groups is 1. The van der Waals surface area contributed by atoms with Crippen molar-refractivity contribution in [3.63, 3.8) is 0 Å². The molecule has 0 amide bonds. The Morgan fingerprint density at radius 1 is 1.56 bits per heavy atom. The zero-order chi connectivity index (χ0) is 13.9. The van der Waals surface area contributed by atoms with Gasteiger partial charge in [-0.25, -0.2) is 5.09 Å². The minimum Gasteiger partial charge on any atom is -0.433 e. The van der Waals surface area contributed by atoms with Gasteiger partial charge in [0.1, 0.15) is 5.75 Å². The summed E-state index contributed by atoms with van der Waals surface area (Å²) in [5.41, 5.74) is 0.461. The van der Waals surface area contributed by atoms with E-state index in [2.05, 4.69) is 5.09 Å². The first-order valence-corrected chi connectivity index (χ1v) is 7.94. The average Bonchev–Trinajstić information content (AvgIpc) is 2.13. The van der Waals surface area contributed by atoms with Crippen LogP contribution < -0.4 is 9.61 Å². The van der Waals surface area contributed by atoms with Crippen LogP contribution in [-0.4, -0.2) is 15.9 Å². The van der Waals surface area contributed by atoms with Gasteiger partial charge in [-0.3, -0.25) is 10.1 Å². The van der Waals surface area contributed by atoms with Gasteiger partial charge in [0.2, 0.25) is 0 Å². The van der Waals surface area contributed by atoms with Gasteiger partial charge in [0.05, 0.1) is 4.92 Å². The molecule has 0 saturated carbocycles. The van der Waals surface area contributed by atoms with Crippen LogP contribution in [0, 0.1) is 17.0 Å². The predicted molar refractivity (Wildman–Crippen MR) is 73.2 cm³/mol. The first kappa shape index (κ1) is 15.0. The number of nitrogens with one attached hydrogen (secondary N) is 1. The van der Waals surface area contributed by atoms with Crippen molar-refractivity contribution in [3.05, 3.63) is 33.9 Å². The minimum atomic E-state index is -3.12. The molecule has 0 spiro atoms. The van der Waals surface area contributed by atoms with E-state index in [1.807, 2.05) is 13.8 Å². The second kappa shape index (κ2) is 5.75. The monoisotopic (exact) mass is 290 g/mol. The third kappa shape index (κ3) is 4.34. The number of rotatable bonds is 5. The van der Waals surface area contributed by atoms with Crippen LogP contribution in [0.3, 0.4) is 0 Å². The summed E-state index contributed by atoms with van der Waals surface area (Å²) in [6.45, 7) is 2.15. The Bertz CT molecular complexity index is 507. The number of nitro benzene ring substituents is 1. The van der Waals surface area contributed by atoms with E-state index in [4.69, 9.17) is 16.3 Å². The first-order valence-electron chi connectivity index (χ1n) is 5.26. The molecule has 1 atom stereocenters. The summed E-state index contributed by atoms with van der Waals surface area (Å²) in [5, 5.41) is 13.4. The largest absolute Gasteiger partial charge is 0.433 e. The summed E-state index contributed by atoms with van der Waals surface area (Å²) in [6, 6.07) is 4.22. The maximum absolute atomic E-state index is 10.7. The fourth-order valence-electron chi connectivity index (χ4n) is 1.39. The van der Waals surface area contributed by atoms with Crippen LogP contribution in [0.1, 0.15) is 19.4 Å². The van der Waals surface area contributed by atoms with E-state index in [1.54, 1.807) is 6.92 Å². The van der Waals surface area contributed by atoms with Crippen LogP contribution in [-0.2, 0) is 11.8 Å². The molecule has 0 aliphatic carbocycles. The Morgan fingerprint density at radius 3 is 2.61 bits per heavy atom. The van der Waals surface area contributed by atoms with Crippen LogP contribution >= 0.6 is 6.64 Å². The van der Waals surface area contributed by atoms with E-state index in [0.717, 1.165) is 0 Å². The summed E-state index contributed by atoms with van der Waals surface area (Å²) in [6.07, 6.45) is 0. The molecule has 2 N–H and O–H groups in total. The molecule has 1 rings (SSSR count). The average molecular weight is 290 g/mol. The van der Waals surface area contributed by atoms with Crippen molar-refractivity contribution in [1.29, 1.82) is 0 Å². The summed E-state index contributed by atoms with van der Waals surface area (Å²) < 4.78 is 5.28. The number of hydrogen-bond acceptors (Lipinski definition) is 4. The molecule has 0 saturated heterocycles. The van der Waals surface area contributed by atoms with Crippen molar-refractivity contribution in [2.24, 2.45) is 0 Å². The highest BCUT2D eigenvalue weighted by Gasteiger charge is 2.18. The summed E-state index contributed by atoms with van der Waals surface area (Å²) in [7, 11) is 0. The molecular weight excluding hydrogens is 275 g/mol. The standard InChI is InChI=1S/C10H15N2O4PS/c1-7(2)11-17(15,18)16-9-4-5-10(12(13)14)8(3)6-9/h4-7H,1-3H3,(H2,11,15,18). The fourth-order valence-corrected chi connectivity index (χ4v) is 3.38.